The molecule has 1 heterocycles. The predicted octanol–water partition coefficient (Wildman–Crippen LogP) is 3.77. The van der Waals surface area contributed by atoms with E-state index < -0.39 is 0 Å². The van der Waals surface area contributed by atoms with Crippen molar-refractivity contribution in [3.8, 4) is 0 Å². The topological polar surface area (TPSA) is 21.3 Å². The first kappa shape index (κ1) is 14.7. The van der Waals surface area contributed by atoms with E-state index in [-0.39, 0.29) is 0 Å². The third kappa shape index (κ3) is 6.20. The summed E-state index contributed by atoms with van der Waals surface area (Å²) in [7, 11) is 0. The van der Waals surface area contributed by atoms with Crippen molar-refractivity contribution in [3.05, 3.63) is 21.9 Å². The molecule has 0 aliphatic rings. The number of hydrogen-bond acceptors (Lipinski definition) is 3. The second kappa shape index (κ2) is 7.85. The number of ether oxygens (including phenoxy) is 1. The van der Waals surface area contributed by atoms with Crippen molar-refractivity contribution >= 4 is 11.3 Å². The maximum Gasteiger partial charge on any atom is 0.0591 e. The van der Waals surface area contributed by atoms with Crippen molar-refractivity contribution in [3.63, 3.8) is 0 Å². The van der Waals surface area contributed by atoms with E-state index in [9.17, 15) is 0 Å². The minimum atomic E-state index is 0.433. The molecule has 0 aromatic carbocycles. The van der Waals surface area contributed by atoms with E-state index in [1.54, 1.807) is 0 Å². The molecule has 0 aliphatic carbocycles. The standard InChI is InChI=1S/C14H25NOS/c1-11(2)7-9-16-10-8-15-13(4)14-6-5-12(3)17-14/h5-6,11,13,15H,7-10H2,1-4H3. The summed E-state index contributed by atoms with van der Waals surface area (Å²) in [4.78, 5) is 2.78. The molecule has 0 fully saturated rings. The molecule has 1 aromatic rings. The molecule has 17 heavy (non-hydrogen) atoms. The summed E-state index contributed by atoms with van der Waals surface area (Å²) >= 11 is 1.86. The summed E-state index contributed by atoms with van der Waals surface area (Å²) in [6.45, 7) is 11.4. The fraction of sp³-hybridized carbons (Fsp3) is 0.714. The molecule has 3 heteroatoms. The minimum absolute atomic E-state index is 0.433. The highest BCUT2D eigenvalue weighted by molar-refractivity contribution is 7.12. The molecule has 0 saturated carbocycles. The van der Waals surface area contributed by atoms with Crippen molar-refractivity contribution in [2.45, 2.75) is 40.2 Å². The van der Waals surface area contributed by atoms with Crippen molar-refractivity contribution < 1.29 is 4.74 Å². The Kier molecular flexibility index (Phi) is 6.78. The summed E-state index contributed by atoms with van der Waals surface area (Å²) in [6.07, 6.45) is 1.15. The van der Waals surface area contributed by atoms with Gasteiger partial charge in [0, 0.05) is 28.9 Å². The Morgan fingerprint density at radius 3 is 2.59 bits per heavy atom. The lowest BCUT2D eigenvalue weighted by Gasteiger charge is -2.12. The van der Waals surface area contributed by atoms with Crippen LogP contribution in [0.2, 0.25) is 0 Å². The molecule has 0 bridgehead atoms. The molecule has 0 amide bonds. The third-order valence-corrected chi connectivity index (χ3v) is 3.91. The molecule has 0 aliphatic heterocycles. The van der Waals surface area contributed by atoms with Gasteiger partial charge in [-0.15, -0.1) is 11.3 Å². The molecular formula is C14H25NOS. The van der Waals surface area contributed by atoms with Gasteiger partial charge in [-0.3, -0.25) is 0 Å². The van der Waals surface area contributed by atoms with Gasteiger partial charge in [-0.25, -0.2) is 0 Å². The minimum Gasteiger partial charge on any atom is -0.380 e. The van der Waals surface area contributed by atoms with E-state index in [2.05, 4.69) is 45.1 Å². The van der Waals surface area contributed by atoms with E-state index in [1.807, 2.05) is 11.3 Å². The number of rotatable bonds is 8. The van der Waals surface area contributed by atoms with Crippen LogP contribution < -0.4 is 5.32 Å². The molecule has 1 aromatic heterocycles. The maximum atomic E-state index is 5.58. The summed E-state index contributed by atoms with van der Waals surface area (Å²) in [5.41, 5.74) is 0. The third-order valence-electron chi connectivity index (χ3n) is 2.72. The highest BCUT2D eigenvalue weighted by Gasteiger charge is 2.06. The Labute approximate surface area is 109 Å². The van der Waals surface area contributed by atoms with E-state index >= 15 is 0 Å². The molecule has 1 unspecified atom stereocenters. The van der Waals surface area contributed by atoms with Gasteiger partial charge in [0.15, 0.2) is 0 Å². The van der Waals surface area contributed by atoms with Crippen LogP contribution >= 0.6 is 11.3 Å². The molecule has 98 valence electrons. The summed E-state index contributed by atoms with van der Waals surface area (Å²) < 4.78 is 5.58. The summed E-state index contributed by atoms with van der Waals surface area (Å²) in [5, 5.41) is 3.49. The molecule has 1 N–H and O–H groups in total. The fourth-order valence-electron chi connectivity index (χ4n) is 1.56. The van der Waals surface area contributed by atoms with Crippen LogP contribution in [0.3, 0.4) is 0 Å². The normalized spacial score (nSPS) is 13.2. The van der Waals surface area contributed by atoms with Crippen molar-refractivity contribution in [2.75, 3.05) is 19.8 Å². The van der Waals surface area contributed by atoms with Crippen molar-refractivity contribution in [2.24, 2.45) is 5.92 Å². The highest BCUT2D eigenvalue weighted by Crippen LogP contribution is 2.21. The first-order valence-electron chi connectivity index (χ1n) is 6.47. The lowest BCUT2D eigenvalue weighted by atomic mass is 10.1. The first-order chi connectivity index (χ1) is 8.09. The molecule has 0 radical (unpaired) electrons. The average Bonchev–Trinajstić information content (AvgIpc) is 2.69. The molecular weight excluding hydrogens is 230 g/mol. The maximum absolute atomic E-state index is 5.58. The quantitative estimate of drug-likeness (QED) is 0.714. The van der Waals surface area contributed by atoms with E-state index in [1.165, 1.54) is 9.75 Å². The van der Waals surface area contributed by atoms with E-state index in [0.717, 1.165) is 32.1 Å². The Balaban J connectivity index is 2.06. The zero-order valence-corrected chi connectivity index (χ0v) is 12.3. The second-order valence-corrected chi connectivity index (χ2v) is 6.24. The lowest BCUT2D eigenvalue weighted by molar-refractivity contribution is 0.124. The number of hydrogen-bond donors (Lipinski definition) is 1. The zero-order valence-electron chi connectivity index (χ0n) is 11.5. The van der Waals surface area contributed by atoms with Crippen LogP contribution in [0.15, 0.2) is 12.1 Å². The first-order valence-corrected chi connectivity index (χ1v) is 7.28. The van der Waals surface area contributed by atoms with Gasteiger partial charge in [0.2, 0.25) is 0 Å². The SMILES string of the molecule is Cc1ccc(C(C)NCCOCCC(C)C)s1. The molecule has 1 atom stereocenters. The predicted molar refractivity (Wildman–Crippen MR) is 75.7 cm³/mol. The van der Waals surface area contributed by atoms with Crippen LogP contribution in [-0.2, 0) is 4.74 Å². The summed E-state index contributed by atoms with van der Waals surface area (Å²) in [6, 6.07) is 4.82. The van der Waals surface area contributed by atoms with Crippen LogP contribution in [-0.4, -0.2) is 19.8 Å². The van der Waals surface area contributed by atoms with Gasteiger partial charge in [0.25, 0.3) is 0 Å². The second-order valence-electron chi connectivity index (χ2n) is 4.92. The lowest BCUT2D eigenvalue weighted by Crippen LogP contribution is -2.23. The number of aryl methyl sites for hydroxylation is 1. The Bertz CT molecular complexity index is 309. The smallest absolute Gasteiger partial charge is 0.0591 e. The molecule has 2 nitrogen and oxygen atoms in total. The Morgan fingerprint density at radius 2 is 2.00 bits per heavy atom. The fourth-order valence-corrected chi connectivity index (χ4v) is 2.46. The largest absolute Gasteiger partial charge is 0.380 e. The van der Waals surface area contributed by atoms with Crippen LogP contribution in [0.4, 0.5) is 0 Å². The average molecular weight is 255 g/mol. The van der Waals surface area contributed by atoms with Gasteiger partial charge in [0.1, 0.15) is 0 Å². The Hall–Kier alpha value is -0.380. The molecule has 1 rings (SSSR count). The van der Waals surface area contributed by atoms with Gasteiger partial charge in [-0.1, -0.05) is 13.8 Å². The van der Waals surface area contributed by atoms with Crippen LogP contribution in [0.1, 0.15) is 43.0 Å². The van der Waals surface area contributed by atoms with Crippen LogP contribution in [0, 0.1) is 12.8 Å². The van der Waals surface area contributed by atoms with E-state index in [0.29, 0.717) is 6.04 Å². The van der Waals surface area contributed by atoms with E-state index in [4.69, 9.17) is 4.74 Å². The molecule has 0 spiro atoms. The molecule has 0 saturated heterocycles. The van der Waals surface area contributed by atoms with Gasteiger partial charge >= 0.3 is 0 Å². The Morgan fingerprint density at radius 1 is 1.24 bits per heavy atom. The van der Waals surface area contributed by atoms with Crippen LogP contribution in [0.25, 0.3) is 0 Å². The van der Waals surface area contributed by atoms with Crippen molar-refractivity contribution in [1.82, 2.24) is 5.32 Å². The van der Waals surface area contributed by atoms with Crippen molar-refractivity contribution in [1.29, 1.82) is 0 Å². The number of thiophene rings is 1. The zero-order chi connectivity index (χ0) is 12.7. The van der Waals surface area contributed by atoms with Gasteiger partial charge < -0.3 is 10.1 Å². The van der Waals surface area contributed by atoms with Gasteiger partial charge in [-0.05, 0) is 38.3 Å². The monoisotopic (exact) mass is 255 g/mol. The van der Waals surface area contributed by atoms with Gasteiger partial charge in [-0.2, -0.15) is 0 Å². The van der Waals surface area contributed by atoms with Gasteiger partial charge in [0.05, 0.1) is 6.61 Å². The summed E-state index contributed by atoms with van der Waals surface area (Å²) in [5.74, 6) is 0.732. The number of nitrogens with one attached hydrogen (secondary N) is 1. The highest BCUT2D eigenvalue weighted by atomic mass is 32.1. The van der Waals surface area contributed by atoms with Crippen LogP contribution in [0.5, 0.6) is 0 Å².